The van der Waals surface area contributed by atoms with E-state index in [4.69, 9.17) is 4.74 Å². The standard InChI is InChI=1S/C15H17N3O4/c1-18-9-10(8-16-18)3-6-14(19)17-13-5-4-11(22-2)7-12(13)15(20)21/h4-5,7-9H,3,6H2,1-2H3,(H,17,19)(H,20,21). The molecular weight excluding hydrogens is 286 g/mol. The van der Waals surface area contributed by atoms with E-state index in [1.54, 1.807) is 24.0 Å². The number of benzene rings is 1. The molecule has 0 aliphatic carbocycles. The number of hydrogen-bond donors (Lipinski definition) is 2. The van der Waals surface area contributed by atoms with Gasteiger partial charge in [0, 0.05) is 19.7 Å². The van der Waals surface area contributed by atoms with Crippen LogP contribution in [0.15, 0.2) is 30.6 Å². The molecule has 0 fully saturated rings. The zero-order valence-electron chi connectivity index (χ0n) is 12.4. The van der Waals surface area contributed by atoms with Crippen molar-refractivity contribution >= 4 is 17.6 Å². The summed E-state index contributed by atoms with van der Waals surface area (Å²) in [4.78, 5) is 23.2. The Kier molecular flexibility index (Phi) is 4.77. The van der Waals surface area contributed by atoms with E-state index in [1.807, 2.05) is 6.20 Å². The highest BCUT2D eigenvalue weighted by molar-refractivity contribution is 6.00. The molecule has 7 nitrogen and oxygen atoms in total. The van der Waals surface area contributed by atoms with Gasteiger partial charge in [0.25, 0.3) is 0 Å². The Morgan fingerprint density at radius 1 is 1.41 bits per heavy atom. The molecule has 0 radical (unpaired) electrons. The van der Waals surface area contributed by atoms with Crippen LogP contribution in [0.25, 0.3) is 0 Å². The Labute approximate surface area is 127 Å². The van der Waals surface area contributed by atoms with Crippen molar-refractivity contribution in [2.45, 2.75) is 12.8 Å². The Morgan fingerprint density at radius 3 is 2.77 bits per heavy atom. The first-order valence-electron chi connectivity index (χ1n) is 6.68. The molecule has 0 spiro atoms. The quantitative estimate of drug-likeness (QED) is 0.847. The molecule has 0 saturated heterocycles. The van der Waals surface area contributed by atoms with E-state index in [9.17, 15) is 14.7 Å². The predicted octanol–water partition coefficient (Wildman–Crippen LogP) is 1.70. The molecule has 2 N–H and O–H groups in total. The monoisotopic (exact) mass is 303 g/mol. The fraction of sp³-hybridized carbons (Fsp3) is 0.267. The van der Waals surface area contributed by atoms with Crippen molar-refractivity contribution in [3.63, 3.8) is 0 Å². The number of aromatic carboxylic acids is 1. The SMILES string of the molecule is COc1ccc(NC(=O)CCc2cnn(C)c2)c(C(=O)O)c1. The highest BCUT2D eigenvalue weighted by atomic mass is 16.5. The van der Waals surface area contributed by atoms with E-state index < -0.39 is 5.97 Å². The summed E-state index contributed by atoms with van der Waals surface area (Å²) in [5.41, 5.74) is 1.20. The maximum Gasteiger partial charge on any atom is 0.337 e. The van der Waals surface area contributed by atoms with Crippen molar-refractivity contribution in [3.05, 3.63) is 41.7 Å². The molecule has 22 heavy (non-hydrogen) atoms. The van der Waals surface area contributed by atoms with Gasteiger partial charge in [-0.15, -0.1) is 0 Å². The lowest BCUT2D eigenvalue weighted by atomic mass is 10.1. The van der Waals surface area contributed by atoms with Crippen molar-refractivity contribution in [3.8, 4) is 5.75 Å². The third-order valence-electron chi connectivity index (χ3n) is 3.13. The summed E-state index contributed by atoms with van der Waals surface area (Å²) < 4.78 is 6.65. The van der Waals surface area contributed by atoms with Gasteiger partial charge in [-0.1, -0.05) is 0 Å². The summed E-state index contributed by atoms with van der Waals surface area (Å²) in [6.07, 6.45) is 4.32. The lowest BCUT2D eigenvalue weighted by Gasteiger charge is -2.10. The predicted molar refractivity (Wildman–Crippen MR) is 80.1 cm³/mol. The number of rotatable bonds is 6. The second-order valence-electron chi connectivity index (χ2n) is 4.79. The molecule has 7 heteroatoms. The number of methoxy groups -OCH3 is 1. The fourth-order valence-corrected chi connectivity index (χ4v) is 2.01. The zero-order chi connectivity index (χ0) is 16.1. The molecule has 1 amide bonds. The molecule has 116 valence electrons. The second kappa shape index (κ2) is 6.75. The number of carboxylic acid groups (broad SMARTS) is 1. The number of hydrogen-bond acceptors (Lipinski definition) is 4. The molecule has 0 atom stereocenters. The average molecular weight is 303 g/mol. The van der Waals surface area contributed by atoms with E-state index in [0.717, 1.165) is 5.56 Å². The molecule has 0 saturated carbocycles. The van der Waals surface area contributed by atoms with Gasteiger partial charge in [0.1, 0.15) is 5.75 Å². The molecule has 0 aliphatic rings. The minimum Gasteiger partial charge on any atom is -0.497 e. The summed E-state index contributed by atoms with van der Waals surface area (Å²) in [6, 6.07) is 4.49. The van der Waals surface area contributed by atoms with Crippen LogP contribution in [0.3, 0.4) is 0 Å². The highest BCUT2D eigenvalue weighted by Crippen LogP contribution is 2.22. The smallest absolute Gasteiger partial charge is 0.337 e. The van der Waals surface area contributed by atoms with Crippen molar-refractivity contribution < 1.29 is 19.4 Å². The van der Waals surface area contributed by atoms with Gasteiger partial charge in [-0.05, 0) is 30.2 Å². The van der Waals surface area contributed by atoms with Gasteiger partial charge in [-0.25, -0.2) is 4.79 Å². The Hall–Kier alpha value is -2.83. The van der Waals surface area contributed by atoms with Crippen LogP contribution in [-0.2, 0) is 18.3 Å². The minimum absolute atomic E-state index is 0.00548. The summed E-state index contributed by atoms with van der Waals surface area (Å²) in [7, 11) is 3.26. The first-order valence-corrected chi connectivity index (χ1v) is 6.68. The Bertz CT molecular complexity index is 694. The molecule has 1 aromatic carbocycles. The van der Waals surface area contributed by atoms with Crippen LogP contribution in [0.1, 0.15) is 22.3 Å². The number of amides is 1. The molecule has 0 bridgehead atoms. The number of anilines is 1. The van der Waals surface area contributed by atoms with Crippen LogP contribution in [0.2, 0.25) is 0 Å². The molecular formula is C15H17N3O4. The van der Waals surface area contributed by atoms with Crippen LogP contribution >= 0.6 is 0 Å². The number of nitrogens with one attached hydrogen (secondary N) is 1. The highest BCUT2D eigenvalue weighted by Gasteiger charge is 2.14. The van der Waals surface area contributed by atoms with E-state index in [0.29, 0.717) is 12.2 Å². The number of carbonyl (C=O) groups excluding carboxylic acids is 1. The van der Waals surface area contributed by atoms with Crippen molar-refractivity contribution in [1.82, 2.24) is 9.78 Å². The average Bonchev–Trinajstić information content (AvgIpc) is 2.91. The molecule has 2 rings (SSSR count). The fourth-order valence-electron chi connectivity index (χ4n) is 2.01. The first-order chi connectivity index (χ1) is 10.5. The van der Waals surface area contributed by atoms with Gasteiger partial charge in [0.15, 0.2) is 0 Å². The van der Waals surface area contributed by atoms with Gasteiger partial charge in [-0.2, -0.15) is 5.10 Å². The van der Waals surface area contributed by atoms with Crippen LogP contribution in [-0.4, -0.2) is 33.9 Å². The van der Waals surface area contributed by atoms with Gasteiger partial charge >= 0.3 is 5.97 Å². The zero-order valence-corrected chi connectivity index (χ0v) is 12.4. The van der Waals surface area contributed by atoms with Crippen LogP contribution < -0.4 is 10.1 Å². The Balaban J connectivity index is 2.03. The minimum atomic E-state index is -1.12. The van der Waals surface area contributed by atoms with E-state index in [1.165, 1.54) is 19.2 Å². The number of ether oxygens (including phenoxy) is 1. The van der Waals surface area contributed by atoms with Crippen LogP contribution in [0.4, 0.5) is 5.69 Å². The van der Waals surface area contributed by atoms with Gasteiger partial charge in [0.05, 0.1) is 24.6 Å². The van der Waals surface area contributed by atoms with Gasteiger partial charge in [-0.3, -0.25) is 9.48 Å². The summed E-state index contributed by atoms with van der Waals surface area (Å²) in [6.45, 7) is 0. The molecule has 2 aromatic rings. The lowest BCUT2D eigenvalue weighted by molar-refractivity contribution is -0.116. The molecule has 0 unspecified atom stereocenters. The molecule has 0 aliphatic heterocycles. The van der Waals surface area contributed by atoms with Crippen molar-refractivity contribution in [2.75, 3.05) is 12.4 Å². The van der Waals surface area contributed by atoms with Crippen LogP contribution in [0.5, 0.6) is 5.75 Å². The summed E-state index contributed by atoms with van der Waals surface area (Å²) >= 11 is 0. The normalized spacial score (nSPS) is 10.3. The topological polar surface area (TPSA) is 93.5 Å². The number of carbonyl (C=O) groups is 2. The lowest BCUT2D eigenvalue weighted by Crippen LogP contribution is -2.15. The van der Waals surface area contributed by atoms with Crippen molar-refractivity contribution in [2.24, 2.45) is 7.05 Å². The van der Waals surface area contributed by atoms with Crippen LogP contribution in [0, 0.1) is 0 Å². The molecule has 1 aromatic heterocycles. The van der Waals surface area contributed by atoms with Crippen molar-refractivity contribution in [1.29, 1.82) is 0 Å². The number of aromatic nitrogens is 2. The maximum absolute atomic E-state index is 12.0. The summed E-state index contributed by atoms with van der Waals surface area (Å²) in [5.74, 6) is -0.955. The first kappa shape index (κ1) is 15.6. The summed E-state index contributed by atoms with van der Waals surface area (Å²) in [5, 5.41) is 15.8. The van der Waals surface area contributed by atoms with Gasteiger partial charge < -0.3 is 15.2 Å². The maximum atomic E-state index is 12.0. The number of aryl methyl sites for hydroxylation is 2. The second-order valence-corrected chi connectivity index (χ2v) is 4.79. The molecule has 1 heterocycles. The number of carboxylic acids is 1. The van der Waals surface area contributed by atoms with E-state index in [-0.39, 0.29) is 23.6 Å². The van der Waals surface area contributed by atoms with E-state index in [2.05, 4.69) is 10.4 Å². The Morgan fingerprint density at radius 2 is 2.18 bits per heavy atom. The third-order valence-corrected chi connectivity index (χ3v) is 3.13. The van der Waals surface area contributed by atoms with E-state index >= 15 is 0 Å². The number of nitrogens with zero attached hydrogens (tertiary/aromatic N) is 2. The largest absolute Gasteiger partial charge is 0.497 e. The van der Waals surface area contributed by atoms with Gasteiger partial charge in [0.2, 0.25) is 5.91 Å². The third kappa shape index (κ3) is 3.85.